The van der Waals surface area contributed by atoms with Gasteiger partial charge in [-0.25, -0.2) is 14.4 Å². The van der Waals surface area contributed by atoms with Crippen LogP contribution in [0.25, 0.3) is 33.5 Å². The molecule has 0 spiro atoms. The summed E-state index contributed by atoms with van der Waals surface area (Å²) in [5.74, 6) is 0.941. The Hall–Kier alpha value is -3.90. The Morgan fingerprint density at radius 3 is 2.55 bits per heavy atom. The van der Waals surface area contributed by atoms with Crippen LogP contribution in [0.3, 0.4) is 0 Å². The summed E-state index contributed by atoms with van der Waals surface area (Å²) < 4.78 is 32.0. The van der Waals surface area contributed by atoms with Crippen molar-refractivity contribution in [3.05, 3.63) is 60.5 Å². The molecule has 0 radical (unpaired) electrons. The van der Waals surface area contributed by atoms with Crippen LogP contribution in [-0.4, -0.2) is 90.1 Å². The zero-order valence-electron chi connectivity index (χ0n) is 25.0. The molecule has 2 aromatic heterocycles. The summed E-state index contributed by atoms with van der Waals surface area (Å²) in [5, 5.41) is 0.650. The summed E-state index contributed by atoms with van der Waals surface area (Å²) in [5.41, 5.74) is 15.3. The van der Waals surface area contributed by atoms with Gasteiger partial charge in [-0.2, -0.15) is 0 Å². The van der Waals surface area contributed by atoms with Crippen LogP contribution in [0.1, 0.15) is 25.7 Å². The molecule has 4 N–H and O–H groups in total. The molecule has 0 saturated carbocycles. The molecule has 2 fully saturated rings. The molecule has 44 heavy (non-hydrogen) atoms. The van der Waals surface area contributed by atoms with E-state index in [2.05, 4.69) is 19.8 Å². The van der Waals surface area contributed by atoms with Gasteiger partial charge in [0.25, 0.3) is 0 Å². The van der Waals surface area contributed by atoms with E-state index in [0.717, 1.165) is 71.7 Å². The van der Waals surface area contributed by atoms with Gasteiger partial charge in [-0.3, -0.25) is 9.88 Å². The average Bonchev–Trinajstić information content (AvgIpc) is 3.05. The Labute approximate surface area is 257 Å². The van der Waals surface area contributed by atoms with Crippen LogP contribution >= 0.6 is 0 Å². The zero-order chi connectivity index (χ0) is 30.3. The molecule has 4 aromatic rings. The maximum atomic E-state index is 14.4. The number of nitrogens with zero attached hydrogens (tertiary/aromatic N) is 5. The maximum absolute atomic E-state index is 14.4. The fraction of sp³-hybridized carbons (Fsp3) is 0.424. The van der Waals surface area contributed by atoms with E-state index in [1.165, 1.54) is 12.5 Å². The van der Waals surface area contributed by atoms with Crippen molar-refractivity contribution in [1.29, 1.82) is 0 Å². The number of nitrogen functional groups attached to an aromatic ring is 2. The molecule has 4 heterocycles. The lowest BCUT2D eigenvalue weighted by molar-refractivity contribution is -0.164. The molecule has 10 nitrogen and oxygen atoms in total. The van der Waals surface area contributed by atoms with Gasteiger partial charge in [0.05, 0.1) is 30.1 Å². The Morgan fingerprint density at radius 2 is 1.75 bits per heavy atom. The Kier molecular flexibility index (Phi) is 9.76. The molecule has 0 bridgehead atoms. The number of benzene rings is 2. The standard InChI is InChI=1S/C33H40FN7O3/c34-26-7-2-1-6-24(26)28-20-23(9-10-37-28)33-38-29-22-30(27(35)21-25(29)32(36)39-33)42-18-5-11-40-12-14-41(15-13-40)16-19-44-31-8-3-4-17-43-31/h1-2,6-7,9-10,20-22,31H,3-5,8,11-19,35H2,(H2,36,38,39). The fourth-order valence-corrected chi connectivity index (χ4v) is 5.70. The predicted molar refractivity (Wildman–Crippen MR) is 170 cm³/mol. The largest absolute Gasteiger partial charge is 0.491 e. The van der Waals surface area contributed by atoms with Gasteiger partial charge in [0, 0.05) is 74.7 Å². The lowest BCUT2D eigenvalue weighted by Crippen LogP contribution is -2.47. The van der Waals surface area contributed by atoms with Gasteiger partial charge in [-0.1, -0.05) is 12.1 Å². The predicted octanol–water partition coefficient (Wildman–Crippen LogP) is 4.59. The molecule has 232 valence electrons. The second-order valence-electron chi connectivity index (χ2n) is 11.3. The molecule has 2 aromatic carbocycles. The van der Waals surface area contributed by atoms with Gasteiger partial charge in [-0.15, -0.1) is 0 Å². The van der Waals surface area contributed by atoms with Crippen molar-refractivity contribution in [2.75, 3.05) is 70.6 Å². The number of pyridine rings is 1. The summed E-state index contributed by atoms with van der Waals surface area (Å²) >= 11 is 0. The SMILES string of the molecule is Nc1cc2c(N)nc(-c3ccnc(-c4ccccc4F)c3)nc2cc1OCCCN1CCN(CCOC2CCCCO2)CC1. The van der Waals surface area contributed by atoms with Gasteiger partial charge in [0.15, 0.2) is 12.1 Å². The van der Waals surface area contributed by atoms with E-state index in [9.17, 15) is 4.39 Å². The molecular formula is C33H40FN7O3. The van der Waals surface area contributed by atoms with Crippen LogP contribution in [0.4, 0.5) is 15.9 Å². The average molecular weight is 602 g/mol. The molecule has 6 rings (SSSR count). The monoisotopic (exact) mass is 601 g/mol. The topological polar surface area (TPSA) is 125 Å². The number of halogens is 1. The van der Waals surface area contributed by atoms with E-state index in [1.807, 2.05) is 6.07 Å². The lowest BCUT2D eigenvalue weighted by atomic mass is 10.1. The van der Waals surface area contributed by atoms with Gasteiger partial charge in [-0.05, 0) is 56.0 Å². The van der Waals surface area contributed by atoms with E-state index < -0.39 is 0 Å². The molecule has 2 saturated heterocycles. The maximum Gasteiger partial charge on any atom is 0.162 e. The van der Waals surface area contributed by atoms with Gasteiger partial charge in [0.2, 0.25) is 0 Å². The summed E-state index contributed by atoms with van der Waals surface area (Å²) in [7, 11) is 0. The van der Waals surface area contributed by atoms with Crippen LogP contribution in [0.2, 0.25) is 0 Å². The van der Waals surface area contributed by atoms with Crippen molar-refractivity contribution >= 4 is 22.4 Å². The van der Waals surface area contributed by atoms with Crippen molar-refractivity contribution in [3.8, 4) is 28.4 Å². The van der Waals surface area contributed by atoms with Crippen LogP contribution in [0.15, 0.2) is 54.7 Å². The van der Waals surface area contributed by atoms with E-state index in [1.54, 1.807) is 42.6 Å². The first-order valence-corrected chi connectivity index (χ1v) is 15.4. The first-order chi connectivity index (χ1) is 21.5. The van der Waals surface area contributed by atoms with Crippen LogP contribution in [0.5, 0.6) is 5.75 Å². The van der Waals surface area contributed by atoms with Gasteiger partial charge >= 0.3 is 0 Å². The summed E-state index contributed by atoms with van der Waals surface area (Å²) in [4.78, 5) is 18.5. The summed E-state index contributed by atoms with van der Waals surface area (Å²) in [6, 6.07) is 13.6. The molecule has 1 unspecified atom stereocenters. The highest BCUT2D eigenvalue weighted by Crippen LogP contribution is 2.32. The molecule has 2 aliphatic heterocycles. The molecule has 1 atom stereocenters. The minimum absolute atomic E-state index is 0.0183. The third-order valence-corrected chi connectivity index (χ3v) is 8.22. The van der Waals surface area contributed by atoms with Crippen molar-refractivity contribution in [2.24, 2.45) is 0 Å². The minimum Gasteiger partial charge on any atom is -0.491 e. The van der Waals surface area contributed by atoms with Crippen molar-refractivity contribution < 1.29 is 18.6 Å². The quantitative estimate of drug-likeness (QED) is 0.186. The third-order valence-electron chi connectivity index (χ3n) is 8.22. The highest BCUT2D eigenvalue weighted by Gasteiger charge is 2.19. The van der Waals surface area contributed by atoms with Crippen molar-refractivity contribution in [2.45, 2.75) is 32.0 Å². The Balaban J connectivity index is 1.02. The second-order valence-corrected chi connectivity index (χ2v) is 11.3. The number of fused-ring (bicyclic) bond motifs is 1. The zero-order valence-corrected chi connectivity index (χ0v) is 25.0. The summed E-state index contributed by atoms with van der Waals surface area (Å²) in [6.07, 6.45) is 5.82. The van der Waals surface area contributed by atoms with E-state index in [0.29, 0.717) is 57.4 Å². The minimum atomic E-state index is -0.346. The van der Waals surface area contributed by atoms with Crippen molar-refractivity contribution in [3.63, 3.8) is 0 Å². The number of ether oxygens (including phenoxy) is 3. The third kappa shape index (κ3) is 7.41. The fourth-order valence-electron chi connectivity index (χ4n) is 5.70. The van der Waals surface area contributed by atoms with Crippen molar-refractivity contribution in [1.82, 2.24) is 24.8 Å². The molecule has 0 amide bonds. The first kappa shape index (κ1) is 30.1. The Bertz CT molecular complexity index is 1560. The first-order valence-electron chi connectivity index (χ1n) is 15.4. The van der Waals surface area contributed by atoms with Crippen LogP contribution in [0, 0.1) is 5.82 Å². The second kappa shape index (κ2) is 14.3. The molecule has 11 heteroatoms. The smallest absolute Gasteiger partial charge is 0.162 e. The number of hydrogen-bond acceptors (Lipinski definition) is 10. The molecule has 2 aliphatic rings. The van der Waals surface area contributed by atoms with Crippen LogP contribution in [-0.2, 0) is 9.47 Å². The number of nitrogens with two attached hydrogens (primary N) is 2. The normalized spacial score (nSPS) is 18.1. The van der Waals surface area contributed by atoms with E-state index in [4.69, 9.17) is 30.7 Å². The Morgan fingerprint density at radius 1 is 0.932 bits per heavy atom. The summed E-state index contributed by atoms with van der Waals surface area (Å²) in [6.45, 7) is 8.12. The number of hydrogen-bond donors (Lipinski definition) is 2. The van der Waals surface area contributed by atoms with Gasteiger partial charge in [0.1, 0.15) is 17.4 Å². The highest BCUT2D eigenvalue weighted by atomic mass is 19.1. The number of aromatic nitrogens is 3. The number of rotatable bonds is 11. The molecule has 0 aliphatic carbocycles. The number of anilines is 2. The lowest BCUT2D eigenvalue weighted by Gasteiger charge is -2.35. The van der Waals surface area contributed by atoms with E-state index in [-0.39, 0.29) is 12.1 Å². The van der Waals surface area contributed by atoms with Crippen LogP contribution < -0.4 is 16.2 Å². The number of piperazine rings is 1. The molecular weight excluding hydrogens is 561 g/mol. The van der Waals surface area contributed by atoms with Gasteiger partial charge < -0.3 is 30.6 Å². The van der Waals surface area contributed by atoms with E-state index >= 15 is 0 Å². The highest BCUT2D eigenvalue weighted by molar-refractivity contribution is 5.93.